The van der Waals surface area contributed by atoms with Gasteiger partial charge in [-0.25, -0.2) is 0 Å². The summed E-state index contributed by atoms with van der Waals surface area (Å²) in [5.41, 5.74) is 0.746. The summed E-state index contributed by atoms with van der Waals surface area (Å²) in [5, 5.41) is 3.40. The molecule has 0 aliphatic carbocycles. The van der Waals surface area contributed by atoms with E-state index in [4.69, 9.17) is 4.74 Å². The molecule has 1 aromatic rings. The van der Waals surface area contributed by atoms with Gasteiger partial charge in [0.05, 0.1) is 6.61 Å². The van der Waals surface area contributed by atoms with Crippen LogP contribution in [-0.2, 0) is 0 Å². The summed E-state index contributed by atoms with van der Waals surface area (Å²) in [6.45, 7) is 4.66. The molecular formula is C17H24N2O2. The number of hydrogen-bond acceptors (Lipinski definition) is 3. The fourth-order valence-corrected chi connectivity index (χ4v) is 3.10. The van der Waals surface area contributed by atoms with Gasteiger partial charge in [-0.3, -0.25) is 4.79 Å². The van der Waals surface area contributed by atoms with Crippen molar-refractivity contribution in [1.82, 2.24) is 10.2 Å². The molecule has 3 rings (SSSR count). The second-order valence-electron chi connectivity index (χ2n) is 6.05. The molecule has 0 aromatic heterocycles. The van der Waals surface area contributed by atoms with Crippen LogP contribution in [0.5, 0.6) is 5.75 Å². The van der Waals surface area contributed by atoms with Crippen molar-refractivity contribution in [3.05, 3.63) is 29.8 Å². The Morgan fingerprint density at radius 1 is 1.29 bits per heavy atom. The summed E-state index contributed by atoms with van der Waals surface area (Å²) in [4.78, 5) is 14.3. The van der Waals surface area contributed by atoms with E-state index in [0.29, 0.717) is 5.92 Å². The lowest BCUT2D eigenvalue weighted by atomic mass is 10.0. The number of amides is 1. The summed E-state index contributed by atoms with van der Waals surface area (Å²) in [5.74, 6) is 1.53. The number of nitrogens with zero attached hydrogens (tertiary/aromatic N) is 1. The second kappa shape index (κ2) is 6.94. The van der Waals surface area contributed by atoms with Crippen LogP contribution in [0.4, 0.5) is 0 Å². The first-order valence-corrected chi connectivity index (χ1v) is 8.06. The van der Waals surface area contributed by atoms with Crippen molar-refractivity contribution >= 4 is 5.91 Å². The van der Waals surface area contributed by atoms with Gasteiger partial charge in [0.25, 0.3) is 5.91 Å². The maximum absolute atomic E-state index is 12.4. The predicted molar refractivity (Wildman–Crippen MR) is 82.7 cm³/mol. The summed E-state index contributed by atoms with van der Waals surface area (Å²) in [6, 6.07) is 7.63. The molecule has 114 valence electrons. The zero-order valence-corrected chi connectivity index (χ0v) is 12.5. The molecule has 2 fully saturated rings. The highest BCUT2D eigenvalue weighted by molar-refractivity contribution is 5.94. The van der Waals surface area contributed by atoms with Crippen LogP contribution in [-0.4, -0.2) is 43.6 Å². The third kappa shape index (κ3) is 3.76. The highest BCUT2D eigenvalue weighted by atomic mass is 16.5. The molecule has 4 nitrogen and oxygen atoms in total. The van der Waals surface area contributed by atoms with Crippen LogP contribution in [0.3, 0.4) is 0 Å². The van der Waals surface area contributed by atoms with E-state index in [0.717, 1.165) is 56.9 Å². The molecule has 1 atom stereocenters. The minimum absolute atomic E-state index is 0.136. The number of likely N-dealkylation sites (tertiary alicyclic amines) is 1. The number of carbonyl (C=O) groups excluding carboxylic acids is 1. The molecule has 0 saturated carbocycles. The highest BCUT2D eigenvalue weighted by Gasteiger charge is 2.20. The van der Waals surface area contributed by atoms with Gasteiger partial charge in [0.1, 0.15) is 5.75 Å². The first-order valence-electron chi connectivity index (χ1n) is 8.06. The zero-order valence-electron chi connectivity index (χ0n) is 12.5. The Morgan fingerprint density at radius 2 is 2.14 bits per heavy atom. The summed E-state index contributed by atoms with van der Waals surface area (Å²) < 4.78 is 5.89. The topological polar surface area (TPSA) is 41.6 Å². The van der Waals surface area contributed by atoms with Gasteiger partial charge in [-0.15, -0.1) is 0 Å². The van der Waals surface area contributed by atoms with E-state index in [1.165, 1.54) is 12.8 Å². The van der Waals surface area contributed by atoms with Crippen molar-refractivity contribution in [2.24, 2.45) is 5.92 Å². The van der Waals surface area contributed by atoms with Crippen molar-refractivity contribution in [3.8, 4) is 5.75 Å². The number of carbonyl (C=O) groups is 1. The average Bonchev–Trinajstić information content (AvgIpc) is 3.08. The molecule has 1 amide bonds. The van der Waals surface area contributed by atoms with Crippen LogP contribution in [0.15, 0.2) is 24.3 Å². The molecular weight excluding hydrogens is 264 g/mol. The van der Waals surface area contributed by atoms with Crippen LogP contribution in [0, 0.1) is 5.92 Å². The molecule has 4 heteroatoms. The second-order valence-corrected chi connectivity index (χ2v) is 6.05. The molecule has 2 aliphatic heterocycles. The van der Waals surface area contributed by atoms with Gasteiger partial charge in [-0.2, -0.15) is 0 Å². The van der Waals surface area contributed by atoms with Gasteiger partial charge in [0, 0.05) is 31.1 Å². The number of piperidine rings is 1. The Hall–Kier alpha value is -1.55. The lowest BCUT2D eigenvalue weighted by molar-refractivity contribution is 0.0792. The van der Waals surface area contributed by atoms with Crippen LogP contribution >= 0.6 is 0 Å². The van der Waals surface area contributed by atoms with Crippen molar-refractivity contribution in [3.63, 3.8) is 0 Å². The van der Waals surface area contributed by atoms with Crippen LogP contribution in [0.2, 0.25) is 0 Å². The maximum Gasteiger partial charge on any atom is 0.253 e. The lowest BCUT2D eigenvalue weighted by Gasteiger charge is -2.23. The van der Waals surface area contributed by atoms with Gasteiger partial charge in [0.2, 0.25) is 0 Å². The third-order valence-electron chi connectivity index (χ3n) is 4.36. The Morgan fingerprint density at radius 3 is 2.90 bits per heavy atom. The first-order chi connectivity index (χ1) is 10.3. The first kappa shape index (κ1) is 14.4. The molecule has 0 radical (unpaired) electrons. The molecule has 2 aliphatic rings. The molecule has 2 heterocycles. The van der Waals surface area contributed by atoms with Gasteiger partial charge >= 0.3 is 0 Å². The van der Waals surface area contributed by atoms with Gasteiger partial charge < -0.3 is 15.0 Å². The quantitative estimate of drug-likeness (QED) is 0.924. The summed E-state index contributed by atoms with van der Waals surface area (Å²) in [7, 11) is 0. The maximum atomic E-state index is 12.4. The smallest absolute Gasteiger partial charge is 0.253 e. The number of benzene rings is 1. The van der Waals surface area contributed by atoms with Gasteiger partial charge in [-0.05, 0) is 50.4 Å². The fraction of sp³-hybridized carbons (Fsp3) is 0.588. The largest absolute Gasteiger partial charge is 0.493 e. The van der Waals surface area contributed by atoms with Crippen molar-refractivity contribution in [1.29, 1.82) is 0 Å². The normalized spacial score (nSPS) is 22.3. The van der Waals surface area contributed by atoms with E-state index in [1.54, 1.807) is 0 Å². The van der Waals surface area contributed by atoms with E-state index in [-0.39, 0.29) is 5.91 Å². The molecule has 21 heavy (non-hydrogen) atoms. The number of rotatable bonds is 4. The molecule has 0 spiro atoms. The Balaban J connectivity index is 1.58. The lowest BCUT2D eigenvalue weighted by Crippen LogP contribution is -2.33. The fourth-order valence-electron chi connectivity index (χ4n) is 3.10. The van der Waals surface area contributed by atoms with Gasteiger partial charge in [-0.1, -0.05) is 6.07 Å². The third-order valence-corrected chi connectivity index (χ3v) is 4.36. The predicted octanol–water partition coefficient (Wildman–Crippen LogP) is 2.30. The Bertz CT molecular complexity index is 477. The van der Waals surface area contributed by atoms with Crippen molar-refractivity contribution in [2.75, 3.05) is 32.8 Å². The standard InChI is InChI=1S/C17H24N2O2/c20-17(19-9-1-2-10-19)15-6-3-7-16(11-15)21-13-14-5-4-8-18-12-14/h3,6-7,11,14,18H,1-2,4-5,8-10,12-13H2. The van der Waals surface area contributed by atoms with E-state index in [2.05, 4.69) is 5.32 Å². The summed E-state index contributed by atoms with van der Waals surface area (Å²) in [6.07, 6.45) is 4.69. The van der Waals surface area contributed by atoms with Crippen LogP contribution in [0.25, 0.3) is 0 Å². The van der Waals surface area contributed by atoms with Crippen LogP contribution in [0.1, 0.15) is 36.0 Å². The molecule has 0 bridgehead atoms. The van der Waals surface area contributed by atoms with Gasteiger partial charge in [0.15, 0.2) is 0 Å². The average molecular weight is 288 g/mol. The number of nitrogens with one attached hydrogen (secondary N) is 1. The number of ether oxygens (including phenoxy) is 1. The molecule has 1 aromatic carbocycles. The SMILES string of the molecule is O=C(c1cccc(OCC2CCCNC2)c1)N1CCCC1. The minimum atomic E-state index is 0.136. The molecule has 1 N–H and O–H groups in total. The monoisotopic (exact) mass is 288 g/mol. The molecule has 2 saturated heterocycles. The van der Waals surface area contributed by atoms with E-state index in [9.17, 15) is 4.79 Å². The van der Waals surface area contributed by atoms with Crippen LogP contribution < -0.4 is 10.1 Å². The summed E-state index contributed by atoms with van der Waals surface area (Å²) >= 11 is 0. The van der Waals surface area contributed by atoms with E-state index < -0.39 is 0 Å². The Labute approximate surface area is 126 Å². The van der Waals surface area contributed by atoms with E-state index in [1.807, 2.05) is 29.2 Å². The number of hydrogen-bond donors (Lipinski definition) is 1. The minimum Gasteiger partial charge on any atom is -0.493 e. The van der Waals surface area contributed by atoms with Crippen molar-refractivity contribution < 1.29 is 9.53 Å². The highest BCUT2D eigenvalue weighted by Crippen LogP contribution is 2.19. The Kier molecular flexibility index (Phi) is 4.76. The van der Waals surface area contributed by atoms with Crippen molar-refractivity contribution in [2.45, 2.75) is 25.7 Å². The molecule has 1 unspecified atom stereocenters. The van der Waals surface area contributed by atoms with E-state index >= 15 is 0 Å². The zero-order chi connectivity index (χ0) is 14.5.